The molecule has 2 fully saturated rings. The summed E-state index contributed by atoms with van der Waals surface area (Å²) in [7, 11) is 0. The molecule has 3 N–H and O–H groups in total. The molecule has 2 saturated heterocycles. The standard InChI is InChI=1S/C10H19N3O2/c1-10(7-15-6-8(10)11)9(14)13-4-2-12-3-5-13/h8,12H,2-7,11H2,1H3. The van der Waals surface area contributed by atoms with Gasteiger partial charge in [0.2, 0.25) is 5.91 Å². The molecule has 86 valence electrons. The average Bonchev–Trinajstić information content (AvgIpc) is 2.61. The van der Waals surface area contributed by atoms with Crippen LogP contribution in [0.3, 0.4) is 0 Å². The number of rotatable bonds is 1. The maximum absolute atomic E-state index is 12.3. The molecule has 0 radical (unpaired) electrons. The first-order chi connectivity index (χ1) is 7.14. The SMILES string of the molecule is CC1(C(=O)N2CCNCC2)COCC1N. The summed E-state index contributed by atoms with van der Waals surface area (Å²) in [5.74, 6) is 0.147. The Labute approximate surface area is 89.9 Å². The molecule has 15 heavy (non-hydrogen) atoms. The number of carbonyl (C=O) groups excluding carboxylic acids is 1. The lowest BCUT2D eigenvalue weighted by molar-refractivity contribution is -0.142. The molecule has 0 aromatic carbocycles. The van der Waals surface area contributed by atoms with Crippen molar-refractivity contribution in [1.29, 1.82) is 0 Å². The summed E-state index contributed by atoms with van der Waals surface area (Å²) in [6.07, 6.45) is 0. The summed E-state index contributed by atoms with van der Waals surface area (Å²) in [4.78, 5) is 14.2. The Morgan fingerprint density at radius 1 is 1.53 bits per heavy atom. The van der Waals surface area contributed by atoms with Gasteiger partial charge in [0.1, 0.15) is 0 Å². The fraction of sp³-hybridized carbons (Fsp3) is 0.900. The Hall–Kier alpha value is -0.650. The molecule has 0 saturated carbocycles. The highest BCUT2D eigenvalue weighted by molar-refractivity contribution is 5.83. The van der Waals surface area contributed by atoms with Gasteiger partial charge in [-0.2, -0.15) is 0 Å². The van der Waals surface area contributed by atoms with Gasteiger partial charge >= 0.3 is 0 Å². The second-order valence-electron chi connectivity index (χ2n) is 4.58. The lowest BCUT2D eigenvalue weighted by Crippen LogP contribution is -2.56. The molecule has 0 aromatic rings. The van der Waals surface area contributed by atoms with E-state index in [4.69, 9.17) is 10.5 Å². The highest BCUT2D eigenvalue weighted by Crippen LogP contribution is 2.29. The minimum absolute atomic E-state index is 0.147. The topological polar surface area (TPSA) is 67.6 Å². The number of nitrogens with one attached hydrogen (secondary N) is 1. The van der Waals surface area contributed by atoms with Gasteiger partial charge in [-0.25, -0.2) is 0 Å². The Balaban J connectivity index is 2.05. The van der Waals surface area contributed by atoms with Crippen LogP contribution in [-0.4, -0.2) is 56.2 Å². The molecule has 0 bridgehead atoms. The Bertz CT molecular complexity index is 253. The van der Waals surface area contributed by atoms with Crippen molar-refractivity contribution in [2.45, 2.75) is 13.0 Å². The van der Waals surface area contributed by atoms with Crippen LogP contribution in [0.25, 0.3) is 0 Å². The van der Waals surface area contributed by atoms with Gasteiger partial charge in [0, 0.05) is 32.2 Å². The second kappa shape index (κ2) is 4.08. The summed E-state index contributed by atoms with van der Waals surface area (Å²) >= 11 is 0. The molecule has 5 heteroatoms. The van der Waals surface area contributed by atoms with E-state index < -0.39 is 5.41 Å². The number of ether oxygens (including phenoxy) is 1. The molecule has 0 spiro atoms. The third-order valence-electron chi connectivity index (χ3n) is 3.41. The quantitative estimate of drug-likeness (QED) is 0.573. The van der Waals surface area contributed by atoms with Crippen molar-refractivity contribution in [3.8, 4) is 0 Å². The highest BCUT2D eigenvalue weighted by atomic mass is 16.5. The molecule has 2 atom stereocenters. The van der Waals surface area contributed by atoms with E-state index in [0.29, 0.717) is 13.2 Å². The number of amides is 1. The van der Waals surface area contributed by atoms with E-state index in [0.717, 1.165) is 26.2 Å². The fourth-order valence-corrected chi connectivity index (χ4v) is 2.14. The van der Waals surface area contributed by atoms with Crippen LogP contribution in [-0.2, 0) is 9.53 Å². The third-order valence-corrected chi connectivity index (χ3v) is 3.41. The summed E-state index contributed by atoms with van der Waals surface area (Å²) in [6, 6.07) is -0.167. The summed E-state index contributed by atoms with van der Waals surface area (Å²) in [5.41, 5.74) is 5.42. The summed E-state index contributed by atoms with van der Waals surface area (Å²) in [6.45, 7) is 6.17. The van der Waals surface area contributed by atoms with Crippen molar-refractivity contribution in [1.82, 2.24) is 10.2 Å². The predicted molar refractivity (Wildman–Crippen MR) is 56.4 cm³/mol. The van der Waals surface area contributed by atoms with Crippen LogP contribution in [0.1, 0.15) is 6.92 Å². The monoisotopic (exact) mass is 213 g/mol. The Morgan fingerprint density at radius 2 is 2.20 bits per heavy atom. The van der Waals surface area contributed by atoms with Crippen molar-refractivity contribution in [2.75, 3.05) is 39.4 Å². The first kappa shape index (κ1) is 10.9. The van der Waals surface area contributed by atoms with E-state index in [2.05, 4.69) is 5.32 Å². The molecule has 0 aromatic heterocycles. The van der Waals surface area contributed by atoms with Crippen molar-refractivity contribution in [3.05, 3.63) is 0 Å². The number of hydrogen-bond acceptors (Lipinski definition) is 4. The largest absolute Gasteiger partial charge is 0.379 e. The van der Waals surface area contributed by atoms with E-state index in [1.807, 2.05) is 11.8 Å². The third kappa shape index (κ3) is 1.87. The van der Waals surface area contributed by atoms with Crippen molar-refractivity contribution < 1.29 is 9.53 Å². The number of carbonyl (C=O) groups is 1. The van der Waals surface area contributed by atoms with E-state index in [1.165, 1.54) is 0 Å². The zero-order chi connectivity index (χ0) is 10.9. The molecule has 0 aliphatic carbocycles. The van der Waals surface area contributed by atoms with Crippen LogP contribution in [0.15, 0.2) is 0 Å². The number of piperazine rings is 1. The van der Waals surface area contributed by atoms with Gasteiger partial charge in [-0.3, -0.25) is 4.79 Å². The minimum Gasteiger partial charge on any atom is -0.379 e. The van der Waals surface area contributed by atoms with E-state index in [-0.39, 0.29) is 11.9 Å². The number of nitrogens with two attached hydrogens (primary N) is 1. The van der Waals surface area contributed by atoms with Gasteiger partial charge in [0.15, 0.2) is 0 Å². The van der Waals surface area contributed by atoms with Crippen molar-refractivity contribution >= 4 is 5.91 Å². The number of nitrogens with zero attached hydrogens (tertiary/aromatic N) is 1. The molecule has 2 aliphatic heterocycles. The van der Waals surface area contributed by atoms with Gasteiger partial charge < -0.3 is 20.7 Å². The average molecular weight is 213 g/mol. The Kier molecular flexibility index (Phi) is 2.95. The van der Waals surface area contributed by atoms with Crippen molar-refractivity contribution in [2.24, 2.45) is 11.1 Å². The van der Waals surface area contributed by atoms with E-state index >= 15 is 0 Å². The molecule has 2 aliphatic rings. The zero-order valence-electron chi connectivity index (χ0n) is 9.16. The summed E-state index contributed by atoms with van der Waals surface area (Å²) < 4.78 is 5.30. The first-order valence-electron chi connectivity index (χ1n) is 5.48. The van der Waals surface area contributed by atoms with Crippen LogP contribution in [0, 0.1) is 5.41 Å². The maximum atomic E-state index is 12.3. The van der Waals surface area contributed by atoms with Crippen LogP contribution in [0.4, 0.5) is 0 Å². The Morgan fingerprint density at radius 3 is 2.73 bits per heavy atom. The lowest BCUT2D eigenvalue weighted by atomic mass is 9.84. The van der Waals surface area contributed by atoms with Gasteiger partial charge in [-0.15, -0.1) is 0 Å². The van der Waals surface area contributed by atoms with Gasteiger partial charge in [0.05, 0.1) is 18.6 Å². The molecular formula is C10H19N3O2. The second-order valence-corrected chi connectivity index (χ2v) is 4.58. The first-order valence-corrected chi connectivity index (χ1v) is 5.48. The van der Waals surface area contributed by atoms with Gasteiger partial charge in [-0.05, 0) is 6.92 Å². The van der Waals surface area contributed by atoms with Crippen molar-refractivity contribution in [3.63, 3.8) is 0 Å². The summed E-state index contributed by atoms with van der Waals surface area (Å²) in [5, 5.41) is 3.23. The molecule has 1 amide bonds. The zero-order valence-corrected chi connectivity index (χ0v) is 9.16. The number of hydrogen-bond donors (Lipinski definition) is 2. The van der Waals surface area contributed by atoms with Crippen LogP contribution in [0.2, 0.25) is 0 Å². The molecule has 2 rings (SSSR count). The van der Waals surface area contributed by atoms with Gasteiger partial charge in [-0.1, -0.05) is 0 Å². The van der Waals surface area contributed by atoms with E-state index in [1.54, 1.807) is 0 Å². The van der Waals surface area contributed by atoms with Gasteiger partial charge in [0.25, 0.3) is 0 Å². The van der Waals surface area contributed by atoms with Crippen LogP contribution >= 0.6 is 0 Å². The fourth-order valence-electron chi connectivity index (χ4n) is 2.14. The van der Waals surface area contributed by atoms with Crippen LogP contribution in [0.5, 0.6) is 0 Å². The van der Waals surface area contributed by atoms with Crippen LogP contribution < -0.4 is 11.1 Å². The maximum Gasteiger partial charge on any atom is 0.232 e. The molecule has 2 heterocycles. The smallest absolute Gasteiger partial charge is 0.232 e. The van der Waals surface area contributed by atoms with E-state index in [9.17, 15) is 4.79 Å². The molecular weight excluding hydrogens is 194 g/mol. The highest BCUT2D eigenvalue weighted by Gasteiger charge is 2.46. The molecule has 5 nitrogen and oxygen atoms in total. The normalized spacial score (nSPS) is 36.9. The minimum atomic E-state index is -0.517. The lowest BCUT2D eigenvalue weighted by Gasteiger charge is -2.35. The molecule has 2 unspecified atom stereocenters. The predicted octanol–water partition coefficient (Wildman–Crippen LogP) is -1.22.